The quantitative estimate of drug-likeness (QED) is 0.790. The van der Waals surface area contributed by atoms with E-state index in [1.165, 1.54) is 0 Å². The van der Waals surface area contributed by atoms with Gasteiger partial charge in [0.2, 0.25) is 0 Å². The molecule has 1 aromatic rings. The molecule has 0 aliphatic rings. The topological polar surface area (TPSA) is 74.2 Å². The van der Waals surface area contributed by atoms with Gasteiger partial charge in [-0.15, -0.1) is 0 Å². The van der Waals surface area contributed by atoms with Gasteiger partial charge in [0.25, 0.3) is 0 Å². The molecule has 1 rings (SSSR count). The zero-order valence-electron chi connectivity index (χ0n) is 10.9. The number of hydrogen-bond donors (Lipinski definition) is 2. The van der Waals surface area contributed by atoms with Crippen LogP contribution < -0.4 is 11.5 Å². The van der Waals surface area contributed by atoms with Crippen molar-refractivity contribution in [3.05, 3.63) is 23.9 Å². The van der Waals surface area contributed by atoms with Crippen LogP contribution in [0, 0.1) is 0 Å². The highest BCUT2D eigenvalue weighted by molar-refractivity contribution is 5.39. The van der Waals surface area contributed by atoms with Crippen molar-refractivity contribution in [2.24, 2.45) is 5.73 Å². The molecule has 0 fully saturated rings. The molecule has 0 saturated heterocycles. The van der Waals surface area contributed by atoms with Gasteiger partial charge >= 0.3 is 0 Å². The summed E-state index contributed by atoms with van der Waals surface area (Å²) >= 11 is 0. The van der Waals surface area contributed by atoms with Gasteiger partial charge in [-0.05, 0) is 38.3 Å². The molecule has 0 radical (unpaired) electrons. The number of hydrogen-bond acceptors (Lipinski definition) is 4. The fourth-order valence-electron chi connectivity index (χ4n) is 1.88. The van der Waals surface area contributed by atoms with E-state index in [2.05, 4.69) is 11.9 Å². The second-order valence-electron chi connectivity index (χ2n) is 4.46. The standard InChI is InChI=1S/C13H23N3O/c1-4-13(3,17-5-2)11(14)9-10-7-6-8-16-12(10)15/h6-8,11H,4-5,9,14H2,1-3H3,(H2,15,16). The van der Waals surface area contributed by atoms with Crippen molar-refractivity contribution in [2.45, 2.75) is 45.3 Å². The molecule has 4 nitrogen and oxygen atoms in total. The minimum absolute atomic E-state index is 0.0843. The van der Waals surface area contributed by atoms with Crippen LogP contribution in [0.5, 0.6) is 0 Å². The molecule has 0 aliphatic carbocycles. The maximum atomic E-state index is 6.24. The number of nitrogens with zero attached hydrogens (tertiary/aromatic N) is 1. The van der Waals surface area contributed by atoms with Crippen LogP contribution in [0.2, 0.25) is 0 Å². The minimum Gasteiger partial charge on any atom is -0.383 e. The number of nitrogen functional groups attached to an aromatic ring is 1. The van der Waals surface area contributed by atoms with Crippen LogP contribution in [0.3, 0.4) is 0 Å². The predicted octanol–water partition coefficient (Wildman–Crippen LogP) is 1.74. The molecule has 2 unspecified atom stereocenters. The van der Waals surface area contributed by atoms with Crippen LogP contribution in [0.4, 0.5) is 5.82 Å². The Labute approximate surface area is 103 Å². The summed E-state index contributed by atoms with van der Waals surface area (Å²) in [7, 11) is 0. The molecule has 1 heterocycles. The highest BCUT2D eigenvalue weighted by Gasteiger charge is 2.30. The van der Waals surface area contributed by atoms with Crippen molar-refractivity contribution in [1.29, 1.82) is 0 Å². The molecular weight excluding hydrogens is 214 g/mol. The molecule has 0 spiro atoms. The fraction of sp³-hybridized carbons (Fsp3) is 0.615. The van der Waals surface area contributed by atoms with E-state index in [4.69, 9.17) is 16.2 Å². The SMILES string of the molecule is CCOC(C)(CC)C(N)Cc1cccnc1N. The van der Waals surface area contributed by atoms with Crippen LogP contribution in [0.25, 0.3) is 0 Å². The number of anilines is 1. The second-order valence-corrected chi connectivity index (χ2v) is 4.46. The van der Waals surface area contributed by atoms with Crippen molar-refractivity contribution >= 4 is 5.82 Å². The molecule has 0 aromatic carbocycles. The van der Waals surface area contributed by atoms with Gasteiger partial charge in [0.15, 0.2) is 0 Å². The first-order chi connectivity index (χ1) is 8.03. The van der Waals surface area contributed by atoms with Crippen molar-refractivity contribution in [2.75, 3.05) is 12.3 Å². The summed E-state index contributed by atoms with van der Waals surface area (Å²) in [5.41, 5.74) is 12.7. The first-order valence-electron chi connectivity index (χ1n) is 6.12. The van der Waals surface area contributed by atoms with Gasteiger partial charge in [-0.1, -0.05) is 13.0 Å². The Kier molecular flexibility index (Phi) is 4.90. The van der Waals surface area contributed by atoms with E-state index in [0.717, 1.165) is 12.0 Å². The molecule has 1 aromatic heterocycles. The molecule has 4 N–H and O–H groups in total. The third-order valence-electron chi connectivity index (χ3n) is 3.33. The lowest BCUT2D eigenvalue weighted by atomic mass is 9.89. The zero-order valence-corrected chi connectivity index (χ0v) is 10.9. The molecule has 0 saturated carbocycles. The number of nitrogens with two attached hydrogens (primary N) is 2. The maximum absolute atomic E-state index is 6.24. The van der Waals surface area contributed by atoms with Crippen molar-refractivity contribution in [3.63, 3.8) is 0 Å². The third kappa shape index (κ3) is 3.41. The minimum atomic E-state index is -0.309. The highest BCUT2D eigenvalue weighted by atomic mass is 16.5. The summed E-state index contributed by atoms with van der Waals surface area (Å²) in [6.45, 7) is 6.79. The van der Waals surface area contributed by atoms with Gasteiger partial charge in [0.1, 0.15) is 5.82 Å². The van der Waals surface area contributed by atoms with Crippen molar-refractivity contribution in [1.82, 2.24) is 4.98 Å². The van der Waals surface area contributed by atoms with E-state index in [9.17, 15) is 0 Å². The summed E-state index contributed by atoms with van der Waals surface area (Å²) in [4.78, 5) is 4.07. The Morgan fingerprint density at radius 1 is 1.47 bits per heavy atom. The van der Waals surface area contributed by atoms with Crippen LogP contribution in [-0.4, -0.2) is 23.2 Å². The van der Waals surface area contributed by atoms with Gasteiger partial charge in [-0.2, -0.15) is 0 Å². The van der Waals surface area contributed by atoms with Gasteiger partial charge in [-0.25, -0.2) is 4.98 Å². The van der Waals surface area contributed by atoms with Gasteiger partial charge in [0, 0.05) is 18.8 Å². The van der Waals surface area contributed by atoms with Crippen LogP contribution >= 0.6 is 0 Å². The summed E-state index contributed by atoms with van der Waals surface area (Å²) in [6, 6.07) is 3.76. The average molecular weight is 237 g/mol. The molecule has 2 atom stereocenters. The predicted molar refractivity (Wildman–Crippen MR) is 70.7 cm³/mol. The largest absolute Gasteiger partial charge is 0.383 e. The maximum Gasteiger partial charge on any atom is 0.126 e. The molecule has 0 amide bonds. The monoisotopic (exact) mass is 237 g/mol. The molecule has 0 bridgehead atoms. The summed E-state index contributed by atoms with van der Waals surface area (Å²) < 4.78 is 5.77. The summed E-state index contributed by atoms with van der Waals surface area (Å²) in [5, 5.41) is 0. The van der Waals surface area contributed by atoms with Crippen LogP contribution in [0.15, 0.2) is 18.3 Å². The van der Waals surface area contributed by atoms with E-state index in [1.54, 1.807) is 6.20 Å². The van der Waals surface area contributed by atoms with Crippen LogP contribution in [0.1, 0.15) is 32.8 Å². The molecule has 17 heavy (non-hydrogen) atoms. The Bertz CT molecular complexity index is 356. The number of pyridine rings is 1. The van der Waals surface area contributed by atoms with Crippen LogP contribution in [-0.2, 0) is 11.2 Å². The van der Waals surface area contributed by atoms with Gasteiger partial charge in [0.05, 0.1) is 5.60 Å². The van der Waals surface area contributed by atoms with E-state index in [0.29, 0.717) is 18.8 Å². The van der Waals surface area contributed by atoms with Crippen molar-refractivity contribution in [3.8, 4) is 0 Å². The normalized spacial score (nSPS) is 16.5. The Morgan fingerprint density at radius 3 is 2.71 bits per heavy atom. The number of aromatic nitrogens is 1. The van der Waals surface area contributed by atoms with E-state index in [1.807, 2.05) is 26.0 Å². The molecule has 96 valence electrons. The summed E-state index contributed by atoms with van der Waals surface area (Å²) in [5.74, 6) is 0.554. The van der Waals surface area contributed by atoms with Gasteiger partial charge in [-0.3, -0.25) is 0 Å². The Balaban J connectivity index is 2.77. The first-order valence-corrected chi connectivity index (χ1v) is 6.12. The second kappa shape index (κ2) is 5.98. The number of rotatable bonds is 6. The van der Waals surface area contributed by atoms with E-state index < -0.39 is 0 Å². The zero-order chi connectivity index (χ0) is 12.9. The van der Waals surface area contributed by atoms with E-state index in [-0.39, 0.29) is 11.6 Å². The molecule has 0 aliphatic heterocycles. The average Bonchev–Trinajstić information content (AvgIpc) is 2.32. The Morgan fingerprint density at radius 2 is 2.18 bits per heavy atom. The first kappa shape index (κ1) is 13.9. The lowest BCUT2D eigenvalue weighted by molar-refractivity contribution is -0.0461. The summed E-state index contributed by atoms with van der Waals surface area (Å²) in [6.07, 6.45) is 3.25. The molecular formula is C13H23N3O. The van der Waals surface area contributed by atoms with Gasteiger partial charge < -0.3 is 16.2 Å². The smallest absolute Gasteiger partial charge is 0.126 e. The highest BCUT2D eigenvalue weighted by Crippen LogP contribution is 2.22. The fourth-order valence-corrected chi connectivity index (χ4v) is 1.88. The lowest BCUT2D eigenvalue weighted by Gasteiger charge is -2.34. The molecule has 4 heteroatoms. The Hall–Kier alpha value is -1.13. The van der Waals surface area contributed by atoms with E-state index >= 15 is 0 Å². The number of ether oxygens (including phenoxy) is 1. The van der Waals surface area contributed by atoms with Crippen molar-refractivity contribution < 1.29 is 4.74 Å². The lowest BCUT2D eigenvalue weighted by Crippen LogP contribution is -2.48. The third-order valence-corrected chi connectivity index (χ3v) is 3.33.